The van der Waals surface area contributed by atoms with Crippen LogP contribution < -0.4 is 15.4 Å². The second-order valence-corrected chi connectivity index (χ2v) is 12.7. The van der Waals surface area contributed by atoms with Crippen molar-refractivity contribution >= 4 is 28.8 Å². The number of carboxylic acid groups (broad SMARTS) is 1. The first-order chi connectivity index (χ1) is 19.5. The molecule has 0 bridgehead atoms. The van der Waals surface area contributed by atoms with Crippen molar-refractivity contribution in [3.63, 3.8) is 0 Å². The molecule has 1 saturated heterocycles. The van der Waals surface area contributed by atoms with Crippen molar-refractivity contribution in [3.05, 3.63) is 42.1 Å². The Morgan fingerprint density at radius 1 is 1.15 bits per heavy atom. The molecule has 5 atom stereocenters. The minimum absolute atomic E-state index is 0.169. The molecule has 3 unspecified atom stereocenters. The molecule has 0 spiro atoms. The molecule has 3 heterocycles. The van der Waals surface area contributed by atoms with Gasteiger partial charge in [0, 0.05) is 17.9 Å². The number of aliphatic carboxylic acids is 1. The zero-order valence-corrected chi connectivity index (χ0v) is 24.4. The molecular formula is C31H41N5O5. The summed E-state index contributed by atoms with van der Waals surface area (Å²) >= 11 is 0. The van der Waals surface area contributed by atoms with E-state index in [0.717, 1.165) is 31.2 Å². The lowest BCUT2D eigenvalue weighted by atomic mass is 10.0. The number of hydrogen-bond acceptors (Lipinski definition) is 7. The lowest BCUT2D eigenvalue weighted by Crippen LogP contribution is -2.57. The molecule has 1 aromatic carbocycles. The number of nitrogens with one attached hydrogen (secondary N) is 2. The van der Waals surface area contributed by atoms with Crippen molar-refractivity contribution < 1.29 is 24.2 Å². The number of carbonyl (C=O) groups excluding carboxylic acids is 2. The van der Waals surface area contributed by atoms with E-state index in [1.807, 2.05) is 64.1 Å². The fourth-order valence-corrected chi connectivity index (χ4v) is 6.01. The lowest BCUT2D eigenvalue weighted by molar-refractivity contribution is -0.145. The second-order valence-electron chi connectivity index (χ2n) is 12.7. The standard InChI is InChI=1S/C31H41N5O5/c1-19-27(33-23-14-11-10-13-22(23)32-19)41-21-16-25-26(37)35-31(29(39)40)17-20(31)12-8-6-5-7-9-15-24(34-30(2,3)4)28(38)36(25)18-21/h8,10-14,20-21,24-25,34H,5-7,9,15-18H2,1-4H3,(H,35,37)(H,39,40)/b12-8-/t20?,21?,24-,25-,31?/m0/s1. The molecule has 41 heavy (non-hydrogen) atoms. The Balaban J connectivity index is 1.44. The molecule has 10 nitrogen and oxygen atoms in total. The average molecular weight is 564 g/mol. The van der Waals surface area contributed by atoms with Crippen LogP contribution in [0.5, 0.6) is 5.88 Å². The number of para-hydroxylation sites is 2. The van der Waals surface area contributed by atoms with E-state index in [4.69, 9.17) is 4.74 Å². The Morgan fingerprint density at radius 2 is 1.88 bits per heavy atom. The van der Waals surface area contributed by atoms with Crippen LogP contribution in [0.2, 0.25) is 0 Å². The first kappa shape index (κ1) is 29.0. The van der Waals surface area contributed by atoms with Gasteiger partial charge in [0.2, 0.25) is 17.7 Å². The van der Waals surface area contributed by atoms with Gasteiger partial charge in [0.05, 0.1) is 23.6 Å². The number of aryl methyl sites for hydroxylation is 1. The molecule has 2 amide bonds. The Bertz CT molecular complexity index is 1350. The highest BCUT2D eigenvalue weighted by atomic mass is 16.5. The fourth-order valence-electron chi connectivity index (χ4n) is 6.01. The number of hydrogen-bond donors (Lipinski definition) is 3. The van der Waals surface area contributed by atoms with E-state index in [-0.39, 0.29) is 30.3 Å². The van der Waals surface area contributed by atoms with Crippen molar-refractivity contribution in [1.29, 1.82) is 0 Å². The highest BCUT2D eigenvalue weighted by molar-refractivity contribution is 5.95. The zero-order chi connectivity index (χ0) is 29.4. The average Bonchev–Trinajstić information content (AvgIpc) is 3.44. The van der Waals surface area contributed by atoms with Gasteiger partial charge in [-0.05, 0) is 65.5 Å². The molecule has 2 fully saturated rings. The van der Waals surface area contributed by atoms with Crippen molar-refractivity contribution in [1.82, 2.24) is 25.5 Å². The first-order valence-electron chi connectivity index (χ1n) is 14.7. The van der Waals surface area contributed by atoms with Crippen LogP contribution in [0.15, 0.2) is 36.4 Å². The third kappa shape index (κ3) is 6.37. The number of aromatic nitrogens is 2. The van der Waals surface area contributed by atoms with Crippen LogP contribution in [0.4, 0.5) is 0 Å². The van der Waals surface area contributed by atoms with Gasteiger partial charge in [0.25, 0.3) is 0 Å². The quantitative estimate of drug-likeness (QED) is 0.481. The Morgan fingerprint density at radius 3 is 2.59 bits per heavy atom. The van der Waals surface area contributed by atoms with E-state index in [1.165, 1.54) is 0 Å². The summed E-state index contributed by atoms with van der Waals surface area (Å²) in [5.41, 5.74) is 0.416. The van der Waals surface area contributed by atoms with E-state index >= 15 is 0 Å². The van der Waals surface area contributed by atoms with Gasteiger partial charge in [0.15, 0.2) is 0 Å². The van der Waals surface area contributed by atoms with E-state index < -0.39 is 35.6 Å². The van der Waals surface area contributed by atoms with Crippen molar-refractivity contribution in [2.24, 2.45) is 5.92 Å². The number of carboxylic acids is 1. The topological polar surface area (TPSA) is 134 Å². The zero-order valence-electron chi connectivity index (χ0n) is 24.4. The maximum Gasteiger partial charge on any atom is 0.330 e. The van der Waals surface area contributed by atoms with Crippen LogP contribution in [0.3, 0.4) is 0 Å². The molecule has 10 heteroatoms. The molecule has 3 aliphatic rings. The van der Waals surface area contributed by atoms with E-state index in [9.17, 15) is 19.5 Å². The number of fused-ring (bicyclic) bond motifs is 3. The molecule has 2 aromatic rings. The Kier molecular flexibility index (Phi) is 8.05. The Hall–Kier alpha value is -3.53. The highest BCUT2D eigenvalue weighted by Gasteiger charge is 2.61. The lowest BCUT2D eigenvalue weighted by Gasteiger charge is -2.33. The van der Waals surface area contributed by atoms with Gasteiger partial charge < -0.3 is 25.4 Å². The largest absolute Gasteiger partial charge is 0.479 e. The Labute approximate surface area is 240 Å². The maximum absolute atomic E-state index is 14.1. The van der Waals surface area contributed by atoms with Gasteiger partial charge in [-0.15, -0.1) is 0 Å². The second kappa shape index (κ2) is 11.4. The molecule has 3 N–H and O–H groups in total. The van der Waals surface area contributed by atoms with Crippen LogP contribution in [-0.4, -0.2) is 73.6 Å². The monoisotopic (exact) mass is 563 g/mol. The maximum atomic E-state index is 14.1. The SMILES string of the molecule is Cc1nc2ccccc2nc1OC1C[C@H]2C(=O)NC3(C(=O)O)CC3/C=C\CCCCC[C@H](NC(C)(C)C)C(=O)N2C1. The first-order valence-corrected chi connectivity index (χ1v) is 14.7. The molecule has 5 rings (SSSR count). The van der Waals surface area contributed by atoms with E-state index in [2.05, 4.69) is 20.6 Å². The third-order valence-electron chi connectivity index (χ3n) is 8.21. The predicted molar refractivity (Wildman–Crippen MR) is 154 cm³/mol. The molecule has 1 aromatic heterocycles. The molecule has 0 radical (unpaired) electrons. The summed E-state index contributed by atoms with van der Waals surface area (Å²) in [4.78, 5) is 51.0. The number of amides is 2. The van der Waals surface area contributed by atoms with E-state index in [0.29, 0.717) is 29.9 Å². The number of ether oxygens (including phenoxy) is 1. The summed E-state index contributed by atoms with van der Waals surface area (Å²) in [5, 5.41) is 16.3. The normalized spacial score (nSPS) is 30.0. The summed E-state index contributed by atoms with van der Waals surface area (Å²) in [6.45, 7) is 8.07. The molecule has 1 aliphatic carbocycles. The van der Waals surface area contributed by atoms with E-state index in [1.54, 1.807) is 4.90 Å². The molecular weight excluding hydrogens is 522 g/mol. The summed E-state index contributed by atoms with van der Waals surface area (Å²) < 4.78 is 6.30. The van der Waals surface area contributed by atoms with Crippen LogP contribution in [-0.2, 0) is 14.4 Å². The minimum Gasteiger partial charge on any atom is -0.479 e. The van der Waals surface area contributed by atoms with Gasteiger partial charge in [0.1, 0.15) is 23.4 Å². The molecule has 2 aliphatic heterocycles. The third-order valence-corrected chi connectivity index (χ3v) is 8.21. The van der Waals surface area contributed by atoms with Crippen molar-refractivity contribution in [3.8, 4) is 5.88 Å². The van der Waals surface area contributed by atoms with Crippen molar-refractivity contribution in [2.45, 2.75) is 102 Å². The number of nitrogens with zero attached hydrogens (tertiary/aromatic N) is 3. The van der Waals surface area contributed by atoms with Gasteiger partial charge >= 0.3 is 5.97 Å². The summed E-state index contributed by atoms with van der Waals surface area (Å²) in [6.07, 6.45) is 8.28. The highest BCUT2D eigenvalue weighted by Crippen LogP contribution is 2.45. The minimum atomic E-state index is -1.34. The van der Waals surface area contributed by atoms with Gasteiger partial charge in [-0.3, -0.25) is 9.59 Å². The van der Waals surface area contributed by atoms with Crippen LogP contribution in [0.1, 0.15) is 71.4 Å². The van der Waals surface area contributed by atoms with Crippen molar-refractivity contribution in [2.75, 3.05) is 6.54 Å². The van der Waals surface area contributed by atoms with Gasteiger partial charge in [-0.2, -0.15) is 0 Å². The summed E-state index contributed by atoms with van der Waals surface area (Å²) in [6, 6.07) is 6.18. The number of carbonyl (C=O) groups is 3. The predicted octanol–water partition coefficient (Wildman–Crippen LogP) is 3.52. The number of benzene rings is 1. The van der Waals surface area contributed by atoms with Crippen LogP contribution in [0.25, 0.3) is 11.0 Å². The number of allylic oxidation sites excluding steroid dienone is 1. The molecule has 220 valence electrons. The molecule has 1 saturated carbocycles. The smallest absolute Gasteiger partial charge is 0.330 e. The summed E-state index contributed by atoms with van der Waals surface area (Å²) in [5.74, 6) is -1.59. The summed E-state index contributed by atoms with van der Waals surface area (Å²) in [7, 11) is 0. The van der Waals surface area contributed by atoms with Crippen LogP contribution in [0, 0.1) is 12.8 Å². The van der Waals surface area contributed by atoms with Crippen LogP contribution >= 0.6 is 0 Å². The fraction of sp³-hybridized carbons (Fsp3) is 0.581. The van der Waals surface area contributed by atoms with Gasteiger partial charge in [-0.25, -0.2) is 14.8 Å². The van der Waals surface area contributed by atoms with Gasteiger partial charge in [-0.1, -0.05) is 37.1 Å². The number of rotatable bonds is 4.